The number of hydrogen-bond acceptors (Lipinski definition) is 4. The first-order valence-corrected chi connectivity index (χ1v) is 9.23. The Morgan fingerprint density at radius 2 is 1.92 bits per heavy atom. The van der Waals surface area contributed by atoms with Crippen LogP contribution < -0.4 is 0 Å². The fourth-order valence-corrected chi connectivity index (χ4v) is 3.61. The summed E-state index contributed by atoms with van der Waals surface area (Å²) in [7, 11) is 0. The third kappa shape index (κ3) is 4.19. The number of amidine groups is 1. The van der Waals surface area contributed by atoms with Gasteiger partial charge in [-0.15, -0.1) is 5.10 Å². The third-order valence-electron chi connectivity index (χ3n) is 4.15. The molecule has 2 aromatic carbocycles. The molecule has 1 saturated heterocycles. The first-order valence-electron chi connectivity index (χ1n) is 8.35. The van der Waals surface area contributed by atoms with E-state index >= 15 is 0 Å². The number of benzene rings is 2. The molecule has 1 amide bonds. The molecule has 0 radical (unpaired) electrons. The van der Waals surface area contributed by atoms with Gasteiger partial charge in [0.05, 0.1) is 18.0 Å². The zero-order valence-electron chi connectivity index (χ0n) is 14.9. The molecule has 6 heteroatoms. The van der Waals surface area contributed by atoms with Crippen molar-refractivity contribution in [2.24, 2.45) is 10.2 Å². The molecule has 0 saturated carbocycles. The van der Waals surface area contributed by atoms with Crippen molar-refractivity contribution in [3.8, 4) is 0 Å². The molecule has 0 N–H and O–H groups in total. The molecule has 134 valence electrons. The summed E-state index contributed by atoms with van der Waals surface area (Å²) >= 11 is 1.38. The summed E-state index contributed by atoms with van der Waals surface area (Å²) in [5, 5.41) is 8.79. The van der Waals surface area contributed by atoms with Crippen molar-refractivity contribution < 1.29 is 9.18 Å². The van der Waals surface area contributed by atoms with Gasteiger partial charge in [0.1, 0.15) is 5.82 Å². The van der Waals surface area contributed by atoms with Crippen LogP contribution in [0.25, 0.3) is 0 Å². The summed E-state index contributed by atoms with van der Waals surface area (Å²) in [5.74, 6) is -0.309. The van der Waals surface area contributed by atoms with E-state index in [2.05, 4.69) is 16.3 Å². The smallest absolute Gasteiger partial charge is 0.242 e. The van der Waals surface area contributed by atoms with Crippen LogP contribution in [0.1, 0.15) is 29.2 Å². The first kappa shape index (κ1) is 18.3. The van der Waals surface area contributed by atoms with E-state index in [-0.39, 0.29) is 17.0 Å². The molecule has 0 aromatic heterocycles. The van der Waals surface area contributed by atoms with Crippen molar-refractivity contribution in [3.05, 3.63) is 70.5 Å². The molecule has 0 bridgehead atoms. The van der Waals surface area contributed by atoms with E-state index in [0.717, 1.165) is 16.7 Å². The lowest BCUT2D eigenvalue weighted by molar-refractivity contribution is -0.126. The fourth-order valence-electron chi connectivity index (χ4n) is 2.69. The van der Waals surface area contributed by atoms with E-state index in [9.17, 15) is 9.18 Å². The molecule has 1 fully saturated rings. The average Bonchev–Trinajstić information content (AvgIpc) is 2.86. The van der Waals surface area contributed by atoms with Crippen LogP contribution in [0.5, 0.6) is 0 Å². The number of amides is 1. The van der Waals surface area contributed by atoms with E-state index in [1.165, 1.54) is 29.5 Å². The summed E-state index contributed by atoms with van der Waals surface area (Å²) in [6.07, 6.45) is 1.70. The van der Waals surface area contributed by atoms with E-state index in [0.29, 0.717) is 11.7 Å². The second-order valence-electron chi connectivity index (χ2n) is 6.30. The van der Waals surface area contributed by atoms with Gasteiger partial charge in [-0.1, -0.05) is 47.7 Å². The van der Waals surface area contributed by atoms with Gasteiger partial charge < -0.3 is 0 Å². The van der Waals surface area contributed by atoms with Gasteiger partial charge in [-0.3, -0.25) is 9.69 Å². The van der Waals surface area contributed by atoms with Gasteiger partial charge in [0.2, 0.25) is 5.91 Å². The number of halogens is 1. The van der Waals surface area contributed by atoms with Crippen LogP contribution >= 0.6 is 11.8 Å². The summed E-state index contributed by atoms with van der Waals surface area (Å²) in [6.45, 7) is 6.28. The highest BCUT2D eigenvalue weighted by molar-refractivity contribution is 8.15. The van der Waals surface area contributed by atoms with E-state index in [1.54, 1.807) is 23.2 Å². The van der Waals surface area contributed by atoms with Crippen molar-refractivity contribution in [1.82, 2.24) is 4.90 Å². The quantitative estimate of drug-likeness (QED) is 0.596. The van der Waals surface area contributed by atoms with Gasteiger partial charge in [-0.25, -0.2) is 4.39 Å². The zero-order chi connectivity index (χ0) is 18.7. The molecule has 1 aliphatic rings. The molecule has 26 heavy (non-hydrogen) atoms. The minimum absolute atomic E-state index is 0.0141. The van der Waals surface area contributed by atoms with Gasteiger partial charge >= 0.3 is 0 Å². The van der Waals surface area contributed by atoms with Crippen molar-refractivity contribution in [2.75, 3.05) is 0 Å². The van der Waals surface area contributed by atoms with Gasteiger partial charge in [0.25, 0.3) is 0 Å². The maximum absolute atomic E-state index is 13.1. The third-order valence-corrected chi connectivity index (χ3v) is 5.21. The number of carbonyl (C=O) groups excluding carboxylic acids is 1. The molecule has 0 unspecified atom stereocenters. The summed E-state index contributed by atoms with van der Waals surface area (Å²) in [6, 6.07) is 12.2. The van der Waals surface area contributed by atoms with Crippen molar-refractivity contribution in [1.29, 1.82) is 0 Å². The Hall–Kier alpha value is -2.47. The zero-order valence-corrected chi connectivity index (χ0v) is 15.8. The van der Waals surface area contributed by atoms with Crippen molar-refractivity contribution in [2.45, 2.75) is 32.6 Å². The molecular formula is C20H20FN3OS. The largest absolute Gasteiger partial charge is 0.284 e. The number of rotatable bonds is 4. The standard InChI is InChI=1S/C20H20FN3OS/c1-13-4-7-17(14(2)10-13)11-22-23-20-24(19(25)15(3)26-20)12-16-5-8-18(21)9-6-16/h4-11,15H,12H2,1-3H3/b22-11-,23-20+/t15-/m0/s1. The van der Waals surface area contributed by atoms with Gasteiger partial charge in [0.15, 0.2) is 5.17 Å². The maximum Gasteiger partial charge on any atom is 0.242 e. The highest BCUT2D eigenvalue weighted by atomic mass is 32.2. The Morgan fingerprint density at radius 1 is 1.19 bits per heavy atom. The topological polar surface area (TPSA) is 45.0 Å². The predicted molar refractivity (Wildman–Crippen MR) is 105 cm³/mol. The number of carbonyl (C=O) groups is 1. The molecule has 1 aliphatic heterocycles. The lowest BCUT2D eigenvalue weighted by Gasteiger charge is -2.15. The van der Waals surface area contributed by atoms with Crippen LogP contribution in [0.15, 0.2) is 52.7 Å². The Kier molecular flexibility index (Phi) is 5.52. The molecule has 1 heterocycles. The van der Waals surface area contributed by atoms with E-state index in [1.807, 2.05) is 32.9 Å². The second-order valence-corrected chi connectivity index (χ2v) is 7.61. The predicted octanol–water partition coefficient (Wildman–Crippen LogP) is 4.30. The summed E-state index contributed by atoms with van der Waals surface area (Å²) in [5.41, 5.74) is 4.16. The molecule has 2 aromatic rings. The molecule has 3 rings (SSSR count). The van der Waals surface area contributed by atoms with Crippen LogP contribution in [0.4, 0.5) is 4.39 Å². The molecular weight excluding hydrogens is 349 g/mol. The highest BCUT2D eigenvalue weighted by Gasteiger charge is 2.35. The Balaban J connectivity index is 1.79. The number of thioether (sulfide) groups is 1. The van der Waals surface area contributed by atoms with Crippen LogP contribution in [0.2, 0.25) is 0 Å². The average molecular weight is 369 g/mol. The minimum atomic E-state index is -0.295. The molecule has 0 aliphatic carbocycles. The summed E-state index contributed by atoms with van der Waals surface area (Å²) < 4.78 is 13.1. The van der Waals surface area contributed by atoms with Gasteiger partial charge in [0, 0.05) is 0 Å². The van der Waals surface area contributed by atoms with Crippen LogP contribution in [0.3, 0.4) is 0 Å². The van der Waals surface area contributed by atoms with Crippen LogP contribution in [0, 0.1) is 19.7 Å². The Labute approximate surface area is 156 Å². The van der Waals surface area contributed by atoms with Gasteiger partial charge in [-0.05, 0) is 49.6 Å². The lowest BCUT2D eigenvalue weighted by atomic mass is 10.1. The van der Waals surface area contributed by atoms with E-state index in [4.69, 9.17) is 0 Å². The van der Waals surface area contributed by atoms with Crippen molar-refractivity contribution >= 4 is 29.1 Å². The Bertz CT molecular complexity index is 877. The lowest BCUT2D eigenvalue weighted by Crippen LogP contribution is -2.30. The summed E-state index contributed by atoms with van der Waals surface area (Å²) in [4.78, 5) is 14.0. The van der Waals surface area contributed by atoms with Crippen LogP contribution in [-0.4, -0.2) is 27.4 Å². The maximum atomic E-state index is 13.1. The first-order chi connectivity index (χ1) is 12.4. The molecule has 1 atom stereocenters. The molecule has 0 spiro atoms. The van der Waals surface area contributed by atoms with Crippen molar-refractivity contribution in [3.63, 3.8) is 0 Å². The SMILES string of the molecule is Cc1ccc(/C=N\N=C2\S[C@@H](C)C(=O)N2Cc2ccc(F)cc2)c(C)c1. The highest BCUT2D eigenvalue weighted by Crippen LogP contribution is 2.28. The van der Waals surface area contributed by atoms with E-state index < -0.39 is 0 Å². The second kappa shape index (κ2) is 7.83. The number of aryl methyl sites for hydroxylation is 2. The normalized spacial score (nSPS) is 19.1. The number of hydrogen-bond donors (Lipinski definition) is 0. The van der Waals surface area contributed by atoms with Crippen LogP contribution in [-0.2, 0) is 11.3 Å². The molecule has 4 nitrogen and oxygen atoms in total. The Morgan fingerprint density at radius 3 is 2.62 bits per heavy atom. The monoisotopic (exact) mass is 369 g/mol. The fraction of sp³-hybridized carbons (Fsp3) is 0.250. The number of nitrogens with zero attached hydrogens (tertiary/aromatic N) is 3. The minimum Gasteiger partial charge on any atom is -0.284 e. The van der Waals surface area contributed by atoms with Gasteiger partial charge in [-0.2, -0.15) is 5.10 Å².